The van der Waals surface area contributed by atoms with Gasteiger partial charge in [0.05, 0.1) is 12.6 Å². The molecule has 104 valence electrons. The molecule has 3 rings (SSSR count). The fourth-order valence-electron chi connectivity index (χ4n) is 2.10. The molecule has 0 amide bonds. The lowest BCUT2D eigenvalue weighted by Gasteiger charge is -2.00. The Kier molecular flexibility index (Phi) is 3.86. The highest BCUT2D eigenvalue weighted by molar-refractivity contribution is 5.87. The first kappa shape index (κ1) is 14.2. The minimum atomic E-state index is 0. The number of ether oxygens (including phenoxy) is 1. The van der Waals surface area contributed by atoms with Gasteiger partial charge in [0.1, 0.15) is 22.8 Å². The van der Waals surface area contributed by atoms with Gasteiger partial charge in [-0.25, -0.2) is 4.98 Å². The first-order chi connectivity index (χ1) is 9.19. The van der Waals surface area contributed by atoms with Crippen LogP contribution in [0.3, 0.4) is 0 Å². The Hall–Kier alpha value is -2.20. The Morgan fingerprint density at radius 2 is 1.80 bits per heavy atom. The smallest absolute Gasteiger partial charge is 0.143 e. The highest BCUT2D eigenvalue weighted by Crippen LogP contribution is 2.29. The lowest BCUT2D eigenvalue weighted by Crippen LogP contribution is -1.83. The van der Waals surface area contributed by atoms with E-state index in [4.69, 9.17) is 4.74 Å². The number of hydrogen-bond donors (Lipinski definition) is 2. The zero-order chi connectivity index (χ0) is 13.4. The van der Waals surface area contributed by atoms with Crippen LogP contribution in [-0.2, 0) is 0 Å². The van der Waals surface area contributed by atoms with E-state index < -0.39 is 0 Å². The molecule has 3 aromatic rings. The van der Waals surface area contributed by atoms with Crippen molar-refractivity contribution in [1.29, 1.82) is 0 Å². The molecule has 0 aliphatic carbocycles. The minimum absolute atomic E-state index is 0. The quantitative estimate of drug-likeness (QED) is 0.757. The molecule has 4 nitrogen and oxygen atoms in total. The third kappa shape index (κ3) is 2.30. The van der Waals surface area contributed by atoms with E-state index in [0.717, 1.165) is 28.2 Å². The summed E-state index contributed by atoms with van der Waals surface area (Å²) in [5.74, 6) is 1.73. The first-order valence-electron chi connectivity index (χ1n) is 6.02. The lowest BCUT2D eigenvalue weighted by molar-refractivity contribution is 0.415. The molecule has 1 heterocycles. The second kappa shape index (κ2) is 5.43. The number of rotatable bonds is 2. The van der Waals surface area contributed by atoms with Gasteiger partial charge in [-0.05, 0) is 42.8 Å². The third-order valence-corrected chi connectivity index (χ3v) is 3.20. The molecule has 0 fully saturated rings. The van der Waals surface area contributed by atoms with Crippen LogP contribution in [0.25, 0.3) is 22.4 Å². The second-order valence-electron chi connectivity index (χ2n) is 4.44. The summed E-state index contributed by atoms with van der Waals surface area (Å²) in [6, 6.07) is 11.2. The molecule has 0 radical (unpaired) electrons. The molecular weight excluding hydrogens is 276 g/mol. The standard InChI is InChI=1S/C15H14N2O2.ClH/c1-9-3-8-12(18)14-13(9)16-15(17-14)10-4-6-11(19-2)7-5-10;/h3-8,18H,1-2H3,(H,16,17);1H. The fraction of sp³-hybridized carbons (Fsp3) is 0.133. The molecule has 1 aromatic heterocycles. The van der Waals surface area contributed by atoms with Gasteiger partial charge >= 0.3 is 0 Å². The van der Waals surface area contributed by atoms with Gasteiger partial charge in [0.15, 0.2) is 0 Å². The lowest BCUT2D eigenvalue weighted by atomic mass is 10.2. The summed E-state index contributed by atoms with van der Waals surface area (Å²) in [6.45, 7) is 1.98. The Morgan fingerprint density at radius 1 is 1.10 bits per heavy atom. The van der Waals surface area contributed by atoms with E-state index in [1.165, 1.54) is 0 Å². The van der Waals surface area contributed by atoms with Crippen molar-refractivity contribution in [3.8, 4) is 22.9 Å². The minimum Gasteiger partial charge on any atom is -0.506 e. The van der Waals surface area contributed by atoms with Crippen LogP contribution in [0, 0.1) is 6.92 Å². The molecule has 0 atom stereocenters. The number of benzene rings is 2. The predicted molar refractivity (Wildman–Crippen MR) is 81.7 cm³/mol. The highest BCUT2D eigenvalue weighted by atomic mass is 35.5. The van der Waals surface area contributed by atoms with Gasteiger partial charge in [0.25, 0.3) is 0 Å². The van der Waals surface area contributed by atoms with Crippen molar-refractivity contribution in [3.63, 3.8) is 0 Å². The van der Waals surface area contributed by atoms with Crippen LogP contribution < -0.4 is 4.74 Å². The molecule has 0 aliphatic rings. The number of aromatic amines is 1. The number of H-pyrrole nitrogens is 1. The van der Waals surface area contributed by atoms with Crippen molar-refractivity contribution in [2.24, 2.45) is 0 Å². The Balaban J connectivity index is 0.00000147. The number of methoxy groups -OCH3 is 1. The Labute approximate surface area is 122 Å². The van der Waals surface area contributed by atoms with Gasteiger partial charge in [-0.2, -0.15) is 0 Å². The Morgan fingerprint density at radius 3 is 2.40 bits per heavy atom. The fourth-order valence-corrected chi connectivity index (χ4v) is 2.10. The number of nitrogens with one attached hydrogen (secondary N) is 1. The SMILES string of the molecule is COc1ccc(-c2nc3c(O)ccc(C)c3[nH]2)cc1.Cl. The molecule has 20 heavy (non-hydrogen) atoms. The van der Waals surface area contributed by atoms with Crippen molar-refractivity contribution in [3.05, 3.63) is 42.0 Å². The van der Waals surface area contributed by atoms with Crippen LogP contribution in [0.15, 0.2) is 36.4 Å². The summed E-state index contributed by atoms with van der Waals surface area (Å²) >= 11 is 0. The normalized spacial score (nSPS) is 10.3. The van der Waals surface area contributed by atoms with Crippen molar-refractivity contribution in [1.82, 2.24) is 9.97 Å². The molecule has 0 unspecified atom stereocenters. The summed E-state index contributed by atoms with van der Waals surface area (Å²) in [6.07, 6.45) is 0. The van der Waals surface area contributed by atoms with E-state index in [2.05, 4.69) is 9.97 Å². The summed E-state index contributed by atoms with van der Waals surface area (Å²) in [5, 5.41) is 9.84. The molecular formula is C15H15ClN2O2. The number of aryl methyl sites for hydroxylation is 1. The number of aromatic hydroxyl groups is 1. The summed E-state index contributed by atoms with van der Waals surface area (Å²) in [4.78, 5) is 7.70. The summed E-state index contributed by atoms with van der Waals surface area (Å²) in [5.41, 5.74) is 3.48. The van der Waals surface area contributed by atoms with Gasteiger partial charge in [0, 0.05) is 5.56 Å². The van der Waals surface area contributed by atoms with Gasteiger partial charge in [0.2, 0.25) is 0 Å². The molecule has 0 spiro atoms. The number of hydrogen-bond acceptors (Lipinski definition) is 3. The maximum absolute atomic E-state index is 9.84. The number of nitrogens with zero attached hydrogens (tertiary/aromatic N) is 1. The summed E-state index contributed by atoms with van der Waals surface area (Å²) < 4.78 is 5.13. The van der Waals surface area contributed by atoms with E-state index >= 15 is 0 Å². The van der Waals surface area contributed by atoms with Crippen molar-refractivity contribution >= 4 is 23.4 Å². The molecule has 0 bridgehead atoms. The van der Waals surface area contributed by atoms with Crippen molar-refractivity contribution in [2.45, 2.75) is 6.92 Å². The van der Waals surface area contributed by atoms with E-state index in [-0.39, 0.29) is 18.2 Å². The van der Waals surface area contributed by atoms with E-state index in [1.54, 1.807) is 13.2 Å². The van der Waals surface area contributed by atoms with Gasteiger partial charge < -0.3 is 14.8 Å². The number of imidazole rings is 1. The van der Waals surface area contributed by atoms with E-state index in [1.807, 2.05) is 37.3 Å². The second-order valence-corrected chi connectivity index (χ2v) is 4.44. The average molecular weight is 291 g/mol. The molecule has 5 heteroatoms. The highest BCUT2D eigenvalue weighted by Gasteiger charge is 2.10. The number of aromatic nitrogens is 2. The molecule has 2 aromatic carbocycles. The molecule has 2 N–H and O–H groups in total. The number of phenols is 1. The third-order valence-electron chi connectivity index (χ3n) is 3.20. The first-order valence-corrected chi connectivity index (χ1v) is 6.02. The number of phenolic OH excluding ortho intramolecular Hbond substituents is 1. The van der Waals surface area contributed by atoms with Gasteiger partial charge in [-0.3, -0.25) is 0 Å². The monoisotopic (exact) mass is 290 g/mol. The maximum atomic E-state index is 9.84. The Bertz CT molecular complexity index is 696. The van der Waals surface area contributed by atoms with Crippen LogP contribution in [0.4, 0.5) is 0 Å². The zero-order valence-electron chi connectivity index (χ0n) is 11.2. The van der Waals surface area contributed by atoms with Crippen LogP contribution in [0.2, 0.25) is 0 Å². The number of fused-ring (bicyclic) bond motifs is 1. The van der Waals surface area contributed by atoms with Crippen LogP contribution >= 0.6 is 12.4 Å². The van der Waals surface area contributed by atoms with E-state index in [0.29, 0.717) is 5.52 Å². The number of halogens is 1. The van der Waals surface area contributed by atoms with E-state index in [9.17, 15) is 5.11 Å². The van der Waals surface area contributed by atoms with Gasteiger partial charge in [-0.15, -0.1) is 12.4 Å². The summed E-state index contributed by atoms with van der Waals surface area (Å²) in [7, 11) is 1.64. The molecule has 0 saturated carbocycles. The average Bonchev–Trinajstić information content (AvgIpc) is 2.89. The largest absolute Gasteiger partial charge is 0.506 e. The van der Waals surface area contributed by atoms with Crippen LogP contribution in [0.1, 0.15) is 5.56 Å². The predicted octanol–water partition coefficient (Wildman–Crippen LogP) is 3.67. The van der Waals surface area contributed by atoms with Gasteiger partial charge in [-0.1, -0.05) is 6.07 Å². The maximum Gasteiger partial charge on any atom is 0.143 e. The topological polar surface area (TPSA) is 58.1 Å². The zero-order valence-corrected chi connectivity index (χ0v) is 12.0. The van der Waals surface area contributed by atoms with Crippen molar-refractivity contribution in [2.75, 3.05) is 7.11 Å². The molecule has 0 saturated heterocycles. The molecule has 0 aliphatic heterocycles. The van der Waals surface area contributed by atoms with Crippen LogP contribution in [-0.4, -0.2) is 22.2 Å². The van der Waals surface area contributed by atoms with Crippen LogP contribution in [0.5, 0.6) is 11.5 Å². The van der Waals surface area contributed by atoms with Crippen molar-refractivity contribution < 1.29 is 9.84 Å².